The lowest BCUT2D eigenvalue weighted by molar-refractivity contribution is -0.132. The fourth-order valence-electron chi connectivity index (χ4n) is 3.19. The van der Waals surface area contributed by atoms with Gasteiger partial charge < -0.3 is 4.90 Å². The SMILES string of the molecule is O=C(CN(Cc1ccccc1F)C1CC1)N1CCCCCC1. The third-order valence-corrected chi connectivity index (χ3v) is 4.69. The molecule has 0 unspecified atom stereocenters. The summed E-state index contributed by atoms with van der Waals surface area (Å²) in [5.74, 6) is 0.0421. The largest absolute Gasteiger partial charge is 0.342 e. The van der Waals surface area contributed by atoms with Crippen LogP contribution in [-0.4, -0.2) is 41.4 Å². The van der Waals surface area contributed by atoms with Gasteiger partial charge in [-0.25, -0.2) is 4.39 Å². The van der Waals surface area contributed by atoms with Gasteiger partial charge in [0.2, 0.25) is 5.91 Å². The van der Waals surface area contributed by atoms with Crippen LogP contribution < -0.4 is 0 Å². The minimum Gasteiger partial charge on any atom is -0.342 e. The third-order valence-electron chi connectivity index (χ3n) is 4.69. The summed E-state index contributed by atoms with van der Waals surface area (Å²) >= 11 is 0. The van der Waals surface area contributed by atoms with Crippen molar-refractivity contribution in [1.29, 1.82) is 0 Å². The Labute approximate surface area is 132 Å². The highest BCUT2D eigenvalue weighted by Gasteiger charge is 2.31. The molecule has 1 aromatic rings. The van der Waals surface area contributed by atoms with E-state index in [2.05, 4.69) is 4.90 Å². The molecule has 4 heteroatoms. The van der Waals surface area contributed by atoms with Crippen molar-refractivity contribution in [3.05, 3.63) is 35.6 Å². The summed E-state index contributed by atoms with van der Waals surface area (Å²) in [7, 11) is 0. The monoisotopic (exact) mass is 304 g/mol. The molecule has 1 aliphatic heterocycles. The predicted octanol–water partition coefficient (Wildman–Crippen LogP) is 3.19. The smallest absolute Gasteiger partial charge is 0.236 e. The van der Waals surface area contributed by atoms with E-state index in [4.69, 9.17) is 0 Å². The van der Waals surface area contributed by atoms with Crippen molar-refractivity contribution in [1.82, 2.24) is 9.80 Å². The quantitative estimate of drug-likeness (QED) is 0.834. The van der Waals surface area contributed by atoms with E-state index in [9.17, 15) is 9.18 Å². The van der Waals surface area contributed by atoms with Gasteiger partial charge in [-0.15, -0.1) is 0 Å². The van der Waals surface area contributed by atoms with Gasteiger partial charge in [-0.05, 0) is 31.7 Å². The topological polar surface area (TPSA) is 23.6 Å². The average molecular weight is 304 g/mol. The lowest BCUT2D eigenvalue weighted by Gasteiger charge is -2.26. The number of likely N-dealkylation sites (tertiary alicyclic amines) is 1. The Morgan fingerprint density at radius 3 is 2.45 bits per heavy atom. The zero-order chi connectivity index (χ0) is 15.4. The summed E-state index contributed by atoms with van der Waals surface area (Å²) in [5, 5.41) is 0. The second kappa shape index (κ2) is 7.23. The molecular weight excluding hydrogens is 279 g/mol. The molecule has 3 nitrogen and oxygen atoms in total. The van der Waals surface area contributed by atoms with Crippen molar-refractivity contribution in [3.63, 3.8) is 0 Å². The van der Waals surface area contributed by atoms with E-state index in [1.54, 1.807) is 6.07 Å². The highest BCUT2D eigenvalue weighted by Crippen LogP contribution is 2.28. The minimum atomic E-state index is -0.171. The second-order valence-electron chi connectivity index (χ2n) is 6.52. The van der Waals surface area contributed by atoms with Crippen molar-refractivity contribution in [3.8, 4) is 0 Å². The fourth-order valence-corrected chi connectivity index (χ4v) is 3.19. The molecule has 0 spiro atoms. The summed E-state index contributed by atoms with van der Waals surface area (Å²) < 4.78 is 13.9. The first-order chi connectivity index (χ1) is 10.7. The van der Waals surface area contributed by atoms with Gasteiger partial charge in [0.05, 0.1) is 6.54 Å². The number of nitrogens with zero attached hydrogens (tertiary/aromatic N) is 2. The highest BCUT2D eigenvalue weighted by atomic mass is 19.1. The average Bonchev–Trinajstić information content (AvgIpc) is 3.35. The maximum atomic E-state index is 13.9. The van der Waals surface area contributed by atoms with Gasteiger partial charge in [-0.1, -0.05) is 31.0 Å². The van der Waals surface area contributed by atoms with E-state index >= 15 is 0 Å². The molecule has 0 N–H and O–H groups in total. The third kappa shape index (κ3) is 4.07. The van der Waals surface area contributed by atoms with Crippen LogP contribution in [0.4, 0.5) is 4.39 Å². The summed E-state index contributed by atoms with van der Waals surface area (Å²) in [6, 6.07) is 7.34. The molecule has 1 aliphatic carbocycles. The zero-order valence-corrected chi connectivity index (χ0v) is 13.1. The Morgan fingerprint density at radius 1 is 1.14 bits per heavy atom. The minimum absolute atomic E-state index is 0.171. The van der Waals surface area contributed by atoms with E-state index in [0.717, 1.165) is 38.8 Å². The van der Waals surface area contributed by atoms with Gasteiger partial charge in [0.1, 0.15) is 5.82 Å². The molecule has 2 fully saturated rings. The maximum absolute atomic E-state index is 13.9. The Kier molecular flexibility index (Phi) is 5.08. The molecule has 1 aromatic carbocycles. The van der Waals surface area contributed by atoms with Crippen molar-refractivity contribution in [2.24, 2.45) is 0 Å². The molecule has 0 atom stereocenters. The lowest BCUT2D eigenvalue weighted by Crippen LogP contribution is -2.41. The molecule has 120 valence electrons. The first kappa shape index (κ1) is 15.5. The van der Waals surface area contributed by atoms with Crippen LogP contribution in [0.25, 0.3) is 0 Å². The molecular formula is C18H25FN2O. The van der Waals surface area contributed by atoms with Crippen LogP contribution in [-0.2, 0) is 11.3 Å². The first-order valence-electron chi connectivity index (χ1n) is 8.49. The standard InChI is InChI=1S/C18H25FN2O/c19-17-8-4-3-7-15(17)13-21(16-9-10-16)14-18(22)20-11-5-1-2-6-12-20/h3-4,7-8,16H,1-2,5-6,9-14H2. The number of benzene rings is 1. The van der Waals surface area contributed by atoms with Gasteiger partial charge in [0, 0.05) is 31.2 Å². The van der Waals surface area contributed by atoms with Crippen molar-refractivity contribution in [2.75, 3.05) is 19.6 Å². The molecule has 1 saturated heterocycles. The molecule has 0 aromatic heterocycles. The summed E-state index contributed by atoms with van der Waals surface area (Å²) in [5.41, 5.74) is 0.693. The first-order valence-corrected chi connectivity index (χ1v) is 8.49. The van der Waals surface area contributed by atoms with E-state index in [-0.39, 0.29) is 11.7 Å². The summed E-state index contributed by atoms with van der Waals surface area (Å²) in [6.45, 7) is 2.74. The van der Waals surface area contributed by atoms with Gasteiger partial charge in [-0.3, -0.25) is 9.69 Å². The molecule has 0 radical (unpaired) electrons. The molecule has 1 amide bonds. The van der Waals surface area contributed by atoms with Crippen LogP contribution in [0.2, 0.25) is 0 Å². The van der Waals surface area contributed by atoms with Crippen molar-refractivity contribution >= 4 is 5.91 Å². The molecule has 22 heavy (non-hydrogen) atoms. The van der Waals surface area contributed by atoms with Crippen molar-refractivity contribution < 1.29 is 9.18 Å². The number of amides is 1. The number of carbonyl (C=O) groups is 1. The van der Waals surface area contributed by atoms with E-state index < -0.39 is 0 Å². The van der Waals surface area contributed by atoms with Crippen LogP contribution in [0.15, 0.2) is 24.3 Å². The molecule has 3 rings (SSSR count). The number of carbonyl (C=O) groups excluding carboxylic acids is 1. The number of hydrogen-bond donors (Lipinski definition) is 0. The molecule has 0 bridgehead atoms. The zero-order valence-electron chi connectivity index (χ0n) is 13.1. The highest BCUT2D eigenvalue weighted by molar-refractivity contribution is 5.78. The van der Waals surface area contributed by atoms with Gasteiger partial charge >= 0.3 is 0 Å². The number of halogens is 1. The Hall–Kier alpha value is -1.42. The van der Waals surface area contributed by atoms with Crippen molar-refractivity contribution in [2.45, 2.75) is 51.1 Å². The Bertz CT molecular complexity index is 508. The van der Waals surface area contributed by atoms with Crippen LogP contribution >= 0.6 is 0 Å². The van der Waals surface area contributed by atoms with E-state index in [1.807, 2.05) is 17.0 Å². The van der Waals surface area contributed by atoms with E-state index in [0.29, 0.717) is 24.7 Å². The summed E-state index contributed by atoms with van der Waals surface area (Å²) in [6.07, 6.45) is 6.94. The number of hydrogen-bond acceptors (Lipinski definition) is 2. The van der Waals surface area contributed by atoms with Crippen LogP contribution in [0.5, 0.6) is 0 Å². The molecule has 2 aliphatic rings. The van der Waals surface area contributed by atoms with Crippen LogP contribution in [0.3, 0.4) is 0 Å². The lowest BCUT2D eigenvalue weighted by atomic mass is 10.2. The van der Waals surface area contributed by atoms with Gasteiger partial charge in [0.15, 0.2) is 0 Å². The predicted molar refractivity (Wildman–Crippen MR) is 84.9 cm³/mol. The molecule has 1 heterocycles. The fraction of sp³-hybridized carbons (Fsp3) is 0.611. The maximum Gasteiger partial charge on any atom is 0.236 e. The van der Waals surface area contributed by atoms with Crippen LogP contribution in [0.1, 0.15) is 44.1 Å². The van der Waals surface area contributed by atoms with Gasteiger partial charge in [-0.2, -0.15) is 0 Å². The Morgan fingerprint density at radius 2 is 1.82 bits per heavy atom. The van der Waals surface area contributed by atoms with E-state index in [1.165, 1.54) is 18.9 Å². The van der Waals surface area contributed by atoms with Crippen LogP contribution in [0, 0.1) is 5.82 Å². The van der Waals surface area contributed by atoms with Gasteiger partial charge in [0.25, 0.3) is 0 Å². The summed E-state index contributed by atoms with van der Waals surface area (Å²) in [4.78, 5) is 16.7. The number of rotatable bonds is 5. The normalized spacial score (nSPS) is 19.3. The Balaban J connectivity index is 1.62. The second-order valence-corrected chi connectivity index (χ2v) is 6.52. The molecule has 1 saturated carbocycles.